The van der Waals surface area contributed by atoms with Crippen LogP contribution in [-0.2, 0) is 4.79 Å². The first kappa shape index (κ1) is 15.1. The minimum Gasteiger partial charge on any atom is -0.341 e. The van der Waals surface area contributed by atoms with Crippen LogP contribution in [0.5, 0.6) is 0 Å². The van der Waals surface area contributed by atoms with Crippen LogP contribution in [0.1, 0.15) is 33.1 Å². The van der Waals surface area contributed by atoms with Crippen LogP contribution in [0.4, 0.5) is 0 Å². The highest BCUT2D eigenvalue weighted by atomic mass is 35.5. The molecule has 2 aliphatic heterocycles. The average molecular weight is 279 g/mol. The zero-order chi connectivity index (χ0) is 11.6. The number of thioether (sulfide) groups is 1. The number of amides is 1. The van der Waals surface area contributed by atoms with Gasteiger partial charge in [-0.1, -0.05) is 20.3 Å². The molecular weight excluding hydrogens is 256 g/mol. The van der Waals surface area contributed by atoms with Crippen LogP contribution in [0.2, 0.25) is 0 Å². The van der Waals surface area contributed by atoms with E-state index in [2.05, 4.69) is 24.1 Å². The van der Waals surface area contributed by atoms with Gasteiger partial charge in [0.1, 0.15) is 0 Å². The first-order valence-corrected chi connectivity index (χ1v) is 7.40. The summed E-state index contributed by atoms with van der Waals surface area (Å²) in [4.78, 5) is 14.2. The third-order valence-electron chi connectivity index (χ3n) is 4.15. The average Bonchev–Trinajstić information content (AvgIpc) is 2.83. The van der Waals surface area contributed by atoms with Gasteiger partial charge in [0.15, 0.2) is 0 Å². The minimum atomic E-state index is 0. The molecule has 2 rings (SSSR count). The molecule has 5 heteroatoms. The Labute approximate surface area is 114 Å². The van der Waals surface area contributed by atoms with Gasteiger partial charge >= 0.3 is 0 Å². The van der Waals surface area contributed by atoms with Gasteiger partial charge in [-0.15, -0.1) is 24.2 Å². The van der Waals surface area contributed by atoms with Crippen molar-refractivity contribution in [3.05, 3.63) is 0 Å². The molecule has 0 saturated carbocycles. The van der Waals surface area contributed by atoms with Crippen molar-refractivity contribution < 1.29 is 4.79 Å². The zero-order valence-corrected chi connectivity index (χ0v) is 12.3. The molecule has 0 aromatic rings. The second kappa shape index (κ2) is 6.30. The molecule has 0 aliphatic carbocycles. The summed E-state index contributed by atoms with van der Waals surface area (Å²) in [5, 5.41) is 3.26. The highest BCUT2D eigenvalue weighted by molar-refractivity contribution is 7.99. The Kier molecular flexibility index (Phi) is 5.61. The number of hydrogen-bond acceptors (Lipinski definition) is 3. The molecule has 0 bridgehead atoms. The summed E-state index contributed by atoms with van der Waals surface area (Å²) >= 11 is 1.82. The summed E-state index contributed by atoms with van der Waals surface area (Å²) in [6.45, 7) is 6.50. The van der Waals surface area contributed by atoms with E-state index in [1.54, 1.807) is 0 Å². The number of halogens is 1. The summed E-state index contributed by atoms with van der Waals surface area (Å²) < 4.78 is 0. The fourth-order valence-corrected chi connectivity index (χ4v) is 3.33. The lowest BCUT2D eigenvalue weighted by molar-refractivity contribution is -0.134. The Morgan fingerprint density at radius 1 is 1.47 bits per heavy atom. The molecule has 0 radical (unpaired) electrons. The predicted octanol–water partition coefficient (Wildman–Crippen LogP) is 2.11. The van der Waals surface area contributed by atoms with Crippen LogP contribution in [0, 0.1) is 5.41 Å². The number of nitrogens with one attached hydrogen (secondary N) is 1. The second-order valence-corrected chi connectivity index (χ2v) is 6.29. The largest absolute Gasteiger partial charge is 0.341 e. The monoisotopic (exact) mass is 278 g/mol. The minimum absolute atomic E-state index is 0. The van der Waals surface area contributed by atoms with Gasteiger partial charge in [0.25, 0.3) is 0 Å². The highest BCUT2D eigenvalue weighted by Crippen LogP contribution is 2.34. The lowest BCUT2D eigenvalue weighted by Gasteiger charge is -2.39. The lowest BCUT2D eigenvalue weighted by atomic mass is 9.78. The molecule has 2 aliphatic rings. The summed E-state index contributed by atoms with van der Waals surface area (Å²) in [5.74, 6) is 2.19. The van der Waals surface area contributed by atoms with E-state index in [0.717, 1.165) is 37.6 Å². The normalized spacial score (nSPS) is 27.6. The molecule has 3 nitrogen and oxygen atoms in total. The van der Waals surface area contributed by atoms with Gasteiger partial charge in [-0.05, 0) is 18.3 Å². The predicted molar refractivity (Wildman–Crippen MR) is 75.7 cm³/mol. The number of likely N-dealkylation sites (tertiary alicyclic amines) is 1. The molecule has 17 heavy (non-hydrogen) atoms. The van der Waals surface area contributed by atoms with Gasteiger partial charge in [-0.3, -0.25) is 10.1 Å². The number of carbonyl (C=O) groups excluding carboxylic acids is 1. The van der Waals surface area contributed by atoms with Crippen LogP contribution < -0.4 is 5.32 Å². The maximum absolute atomic E-state index is 12.1. The van der Waals surface area contributed by atoms with Crippen LogP contribution >= 0.6 is 24.2 Å². The van der Waals surface area contributed by atoms with Gasteiger partial charge in [0, 0.05) is 24.7 Å². The van der Waals surface area contributed by atoms with Crippen LogP contribution in [-0.4, -0.2) is 41.6 Å². The van der Waals surface area contributed by atoms with Gasteiger partial charge in [0.05, 0.1) is 6.04 Å². The fraction of sp³-hybridized carbons (Fsp3) is 0.917. The van der Waals surface area contributed by atoms with Crippen molar-refractivity contribution in [1.29, 1.82) is 0 Å². The van der Waals surface area contributed by atoms with E-state index in [4.69, 9.17) is 0 Å². The molecule has 2 fully saturated rings. The fourth-order valence-electron chi connectivity index (χ4n) is 2.39. The van der Waals surface area contributed by atoms with Crippen molar-refractivity contribution in [2.45, 2.75) is 39.2 Å². The van der Waals surface area contributed by atoms with Crippen LogP contribution in [0.15, 0.2) is 0 Å². The smallest absolute Gasteiger partial charge is 0.240 e. The highest BCUT2D eigenvalue weighted by Gasteiger charge is 2.33. The molecule has 1 unspecified atom stereocenters. The van der Waals surface area contributed by atoms with Gasteiger partial charge in [0.2, 0.25) is 5.91 Å². The maximum Gasteiger partial charge on any atom is 0.240 e. The Morgan fingerprint density at radius 2 is 2.12 bits per heavy atom. The molecule has 1 N–H and O–H groups in total. The number of rotatable bonds is 2. The Hall–Kier alpha value is 0.0700. The van der Waals surface area contributed by atoms with Crippen LogP contribution in [0.25, 0.3) is 0 Å². The molecule has 2 saturated heterocycles. The Bertz CT molecular complexity index is 261. The van der Waals surface area contributed by atoms with Crippen LogP contribution in [0.3, 0.4) is 0 Å². The van der Waals surface area contributed by atoms with Gasteiger partial charge in [-0.25, -0.2) is 0 Å². The third-order valence-corrected chi connectivity index (χ3v) is 5.09. The number of piperidine rings is 1. The van der Waals surface area contributed by atoms with E-state index in [9.17, 15) is 4.79 Å². The molecule has 2 heterocycles. The van der Waals surface area contributed by atoms with E-state index in [1.807, 2.05) is 11.8 Å². The summed E-state index contributed by atoms with van der Waals surface area (Å²) in [6, 6.07) is 0.0796. The second-order valence-electron chi connectivity index (χ2n) is 5.26. The van der Waals surface area contributed by atoms with E-state index < -0.39 is 0 Å². The molecule has 0 aromatic heterocycles. The molecular formula is C12H23ClN2OS. The van der Waals surface area contributed by atoms with Crippen molar-refractivity contribution in [2.75, 3.05) is 24.7 Å². The standard InChI is InChI=1S/C12H22N2OS.ClH/c1-3-12(2)4-6-14(7-5-12)11(15)10-8-16-9-13-10;/h10,13H,3-9H2,1-2H3;1H. The van der Waals surface area contributed by atoms with Crippen molar-refractivity contribution in [3.8, 4) is 0 Å². The van der Waals surface area contributed by atoms with E-state index >= 15 is 0 Å². The Balaban J connectivity index is 0.00000144. The zero-order valence-electron chi connectivity index (χ0n) is 10.7. The number of nitrogens with zero attached hydrogens (tertiary/aromatic N) is 1. The first-order valence-electron chi connectivity index (χ1n) is 6.24. The van der Waals surface area contributed by atoms with E-state index in [1.165, 1.54) is 6.42 Å². The third kappa shape index (κ3) is 3.52. The van der Waals surface area contributed by atoms with E-state index in [-0.39, 0.29) is 18.4 Å². The number of hydrogen-bond donors (Lipinski definition) is 1. The summed E-state index contributed by atoms with van der Waals surface area (Å²) in [7, 11) is 0. The van der Waals surface area contributed by atoms with Gasteiger partial charge < -0.3 is 4.90 Å². The van der Waals surface area contributed by atoms with Crippen molar-refractivity contribution in [2.24, 2.45) is 5.41 Å². The molecule has 1 amide bonds. The molecule has 0 aromatic carbocycles. The lowest BCUT2D eigenvalue weighted by Crippen LogP contribution is -2.49. The summed E-state index contributed by atoms with van der Waals surface area (Å²) in [5.41, 5.74) is 0.467. The maximum atomic E-state index is 12.1. The first-order chi connectivity index (χ1) is 7.64. The van der Waals surface area contributed by atoms with E-state index in [0.29, 0.717) is 11.3 Å². The van der Waals surface area contributed by atoms with Gasteiger partial charge in [-0.2, -0.15) is 0 Å². The number of carbonyl (C=O) groups is 1. The SMILES string of the molecule is CCC1(C)CCN(C(=O)C2CSCN2)CC1.Cl. The molecule has 1 atom stereocenters. The molecule has 0 spiro atoms. The summed E-state index contributed by atoms with van der Waals surface area (Å²) in [6.07, 6.45) is 3.55. The quantitative estimate of drug-likeness (QED) is 0.840. The van der Waals surface area contributed by atoms with Crippen molar-refractivity contribution in [1.82, 2.24) is 10.2 Å². The Morgan fingerprint density at radius 3 is 2.59 bits per heavy atom. The molecule has 100 valence electrons. The topological polar surface area (TPSA) is 32.3 Å². The van der Waals surface area contributed by atoms with Crippen molar-refractivity contribution >= 4 is 30.1 Å². The van der Waals surface area contributed by atoms with Crippen molar-refractivity contribution in [3.63, 3.8) is 0 Å².